The molecule has 6 rings (SSSR count). The average molecular weight is 723 g/mol. The molecule has 0 radical (unpaired) electrons. The predicted molar refractivity (Wildman–Crippen MR) is 229 cm³/mol. The zero-order valence-electron chi connectivity index (χ0n) is 34.8. The zero-order valence-corrected chi connectivity index (χ0v) is 34.8. The highest BCUT2D eigenvalue weighted by Crippen LogP contribution is 2.54. The Kier molecular flexibility index (Phi) is 9.62. The Morgan fingerprint density at radius 3 is 0.944 bits per heavy atom. The zero-order chi connectivity index (χ0) is 39.7. The van der Waals surface area contributed by atoms with Crippen LogP contribution in [0.2, 0.25) is 0 Å². The van der Waals surface area contributed by atoms with Crippen LogP contribution in [0, 0.1) is 0 Å². The second kappa shape index (κ2) is 13.4. The van der Waals surface area contributed by atoms with Crippen molar-refractivity contribution < 1.29 is 19.7 Å². The van der Waals surface area contributed by atoms with Crippen molar-refractivity contribution in [2.45, 2.75) is 105 Å². The van der Waals surface area contributed by atoms with Gasteiger partial charge in [0.15, 0.2) is 0 Å². The SMILES string of the molecule is COc1c(C(C)(C)C)cc(-c2cc3ccccc3c(-c3c(O)c(-c4cc(C(C)(C)C)c(OC)c(C(C)(C)C)c4)cc4ccccc34)c2O)cc1C(C)(C)C. The van der Waals surface area contributed by atoms with Crippen molar-refractivity contribution in [3.8, 4) is 56.4 Å². The summed E-state index contributed by atoms with van der Waals surface area (Å²) in [6.45, 7) is 26.3. The molecule has 4 nitrogen and oxygen atoms in total. The summed E-state index contributed by atoms with van der Waals surface area (Å²) in [5.41, 5.74) is 7.77. The number of hydrogen-bond donors (Lipinski definition) is 2. The Bertz CT molecular complexity index is 2160. The highest BCUT2D eigenvalue weighted by atomic mass is 16.5. The van der Waals surface area contributed by atoms with Crippen molar-refractivity contribution in [1.29, 1.82) is 0 Å². The standard InChI is InChI=1S/C50H58O4/c1-47(2,3)37-25-31(26-38(45(37)53-13)48(4,5)6)35-23-29-19-15-17-21-33(29)41(43(35)51)42-34-22-18-16-20-30(34)24-36(44(42)52)32-27-39(49(7,8)9)46(54-14)40(28-32)50(10,11)12/h15-28,51-52H,1-14H3. The summed E-state index contributed by atoms with van der Waals surface area (Å²) < 4.78 is 12.2. The molecule has 6 aromatic carbocycles. The van der Waals surface area contributed by atoms with Crippen LogP contribution >= 0.6 is 0 Å². The van der Waals surface area contributed by atoms with Gasteiger partial charge in [-0.25, -0.2) is 0 Å². The van der Waals surface area contributed by atoms with E-state index < -0.39 is 0 Å². The number of fused-ring (bicyclic) bond motifs is 2. The Morgan fingerprint density at radius 1 is 0.407 bits per heavy atom. The molecule has 0 amide bonds. The van der Waals surface area contributed by atoms with E-state index in [9.17, 15) is 10.2 Å². The van der Waals surface area contributed by atoms with Gasteiger partial charge in [0.05, 0.1) is 14.2 Å². The van der Waals surface area contributed by atoms with Crippen molar-refractivity contribution in [2.24, 2.45) is 0 Å². The van der Waals surface area contributed by atoms with Gasteiger partial charge in [-0.3, -0.25) is 0 Å². The van der Waals surface area contributed by atoms with Gasteiger partial charge in [0.1, 0.15) is 23.0 Å². The maximum Gasteiger partial charge on any atom is 0.132 e. The minimum atomic E-state index is -0.227. The van der Waals surface area contributed by atoms with E-state index >= 15 is 0 Å². The van der Waals surface area contributed by atoms with Crippen molar-refractivity contribution in [1.82, 2.24) is 0 Å². The van der Waals surface area contributed by atoms with Crippen LogP contribution in [0.5, 0.6) is 23.0 Å². The lowest BCUT2D eigenvalue weighted by molar-refractivity contribution is 0.381. The van der Waals surface area contributed by atoms with E-state index in [0.29, 0.717) is 22.3 Å². The molecule has 4 heteroatoms. The second-order valence-corrected chi connectivity index (χ2v) is 18.9. The second-order valence-electron chi connectivity index (χ2n) is 18.9. The molecule has 0 saturated heterocycles. The van der Waals surface area contributed by atoms with Crippen LogP contribution in [0.4, 0.5) is 0 Å². The van der Waals surface area contributed by atoms with Gasteiger partial charge in [-0.15, -0.1) is 0 Å². The number of aromatic hydroxyl groups is 2. The van der Waals surface area contributed by atoms with Crippen molar-refractivity contribution in [3.63, 3.8) is 0 Å². The van der Waals surface area contributed by atoms with Gasteiger partial charge in [-0.1, -0.05) is 132 Å². The molecule has 0 saturated carbocycles. The van der Waals surface area contributed by atoms with Crippen LogP contribution in [0.3, 0.4) is 0 Å². The molecule has 0 aliphatic carbocycles. The first-order chi connectivity index (χ1) is 25.1. The number of methoxy groups -OCH3 is 2. The fourth-order valence-corrected chi connectivity index (χ4v) is 7.86. The van der Waals surface area contributed by atoms with Crippen molar-refractivity contribution >= 4 is 21.5 Å². The molecule has 6 aromatic rings. The summed E-state index contributed by atoms with van der Waals surface area (Å²) in [5, 5.41) is 29.2. The molecule has 0 spiro atoms. The summed E-state index contributed by atoms with van der Waals surface area (Å²) in [4.78, 5) is 0. The number of hydrogen-bond acceptors (Lipinski definition) is 4. The molecule has 0 heterocycles. The van der Waals surface area contributed by atoms with E-state index in [4.69, 9.17) is 9.47 Å². The molecule has 0 bridgehead atoms. The van der Waals surface area contributed by atoms with E-state index in [2.05, 4.69) is 132 Å². The smallest absolute Gasteiger partial charge is 0.132 e. The van der Waals surface area contributed by atoms with Gasteiger partial charge in [0, 0.05) is 44.5 Å². The first kappa shape index (κ1) is 38.8. The predicted octanol–water partition coefficient (Wildman–Crippen LogP) is 13.6. The Balaban J connectivity index is 1.77. The molecule has 0 aliphatic rings. The highest BCUT2D eigenvalue weighted by Gasteiger charge is 2.32. The largest absolute Gasteiger partial charge is 0.507 e. The first-order valence-corrected chi connectivity index (χ1v) is 19.0. The quantitative estimate of drug-likeness (QED) is 0.186. The minimum Gasteiger partial charge on any atom is -0.507 e. The third-order valence-electron chi connectivity index (χ3n) is 10.7. The molecule has 282 valence electrons. The van der Waals surface area contributed by atoms with Gasteiger partial charge < -0.3 is 19.7 Å². The molecule has 0 aliphatic heterocycles. The lowest BCUT2D eigenvalue weighted by Gasteiger charge is -2.30. The molecular weight excluding hydrogens is 665 g/mol. The van der Waals surface area contributed by atoms with Gasteiger partial charge in [-0.2, -0.15) is 0 Å². The number of phenols is 2. The maximum atomic E-state index is 12.8. The van der Waals surface area contributed by atoms with Crippen LogP contribution < -0.4 is 9.47 Å². The van der Waals surface area contributed by atoms with Gasteiger partial charge in [-0.05, 0) is 90.7 Å². The summed E-state index contributed by atoms with van der Waals surface area (Å²) in [5.74, 6) is 1.99. The topological polar surface area (TPSA) is 58.9 Å². The van der Waals surface area contributed by atoms with Crippen LogP contribution in [0.15, 0.2) is 84.9 Å². The number of rotatable bonds is 5. The normalized spacial score (nSPS) is 12.8. The lowest BCUT2D eigenvalue weighted by Crippen LogP contribution is -2.19. The number of ether oxygens (including phenoxy) is 2. The molecule has 0 atom stereocenters. The molecular formula is C50H58O4. The Labute approximate surface area is 322 Å². The molecule has 54 heavy (non-hydrogen) atoms. The van der Waals surface area contributed by atoms with E-state index in [0.717, 1.165) is 66.4 Å². The van der Waals surface area contributed by atoms with E-state index in [1.807, 2.05) is 36.4 Å². The molecule has 0 aromatic heterocycles. The summed E-state index contributed by atoms with van der Waals surface area (Å²) in [6, 6.07) is 29.1. The molecule has 2 N–H and O–H groups in total. The fraction of sp³-hybridized carbons (Fsp3) is 0.360. The van der Waals surface area contributed by atoms with E-state index in [1.54, 1.807) is 14.2 Å². The number of benzene rings is 6. The lowest BCUT2D eigenvalue weighted by atomic mass is 9.76. The third-order valence-corrected chi connectivity index (χ3v) is 10.7. The average Bonchev–Trinajstić information content (AvgIpc) is 3.09. The summed E-state index contributed by atoms with van der Waals surface area (Å²) in [7, 11) is 3.48. The monoisotopic (exact) mass is 722 g/mol. The van der Waals surface area contributed by atoms with Gasteiger partial charge in [0.25, 0.3) is 0 Å². The summed E-state index contributed by atoms with van der Waals surface area (Å²) >= 11 is 0. The van der Waals surface area contributed by atoms with Gasteiger partial charge >= 0.3 is 0 Å². The van der Waals surface area contributed by atoms with Crippen LogP contribution in [-0.2, 0) is 21.7 Å². The molecule has 0 fully saturated rings. The Morgan fingerprint density at radius 2 is 0.685 bits per heavy atom. The molecule has 0 unspecified atom stereocenters. The summed E-state index contributed by atoms with van der Waals surface area (Å²) in [6.07, 6.45) is 0. The van der Waals surface area contributed by atoms with Crippen LogP contribution in [0.1, 0.15) is 105 Å². The van der Waals surface area contributed by atoms with E-state index in [-0.39, 0.29) is 33.2 Å². The van der Waals surface area contributed by atoms with Crippen LogP contribution in [0.25, 0.3) is 54.9 Å². The minimum absolute atomic E-state index is 0.122. The van der Waals surface area contributed by atoms with Crippen molar-refractivity contribution in [2.75, 3.05) is 14.2 Å². The Hall–Kier alpha value is -4.96. The first-order valence-electron chi connectivity index (χ1n) is 19.0. The highest BCUT2D eigenvalue weighted by molar-refractivity contribution is 6.14. The van der Waals surface area contributed by atoms with Crippen molar-refractivity contribution in [3.05, 3.63) is 107 Å². The third kappa shape index (κ3) is 6.81. The maximum absolute atomic E-state index is 12.8. The van der Waals surface area contributed by atoms with E-state index in [1.165, 1.54) is 0 Å². The van der Waals surface area contributed by atoms with Gasteiger partial charge in [0.2, 0.25) is 0 Å². The van der Waals surface area contributed by atoms with Crippen LogP contribution in [-0.4, -0.2) is 24.4 Å². The fourth-order valence-electron chi connectivity index (χ4n) is 7.86. The number of phenolic OH excluding ortho intramolecular Hbond substituents is 2.